The monoisotopic (exact) mass is 277 g/mol. The van der Waals surface area contributed by atoms with Crippen LogP contribution in [0.2, 0.25) is 0 Å². The van der Waals surface area contributed by atoms with E-state index in [2.05, 4.69) is 10.3 Å². The van der Waals surface area contributed by atoms with Crippen molar-refractivity contribution in [1.82, 2.24) is 20.4 Å². The van der Waals surface area contributed by atoms with Gasteiger partial charge >= 0.3 is 0 Å². The number of methoxy groups -OCH3 is 1. The van der Waals surface area contributed by atoms with Crippen molar-refractivity contribution < 1.29 is 14.3 Å². The van der Waals surface area contributed by atoms with Crippen molar-refractivity contribution in [3.8, 4) is 11.5 Å². The fourth-order valence-corrected chi connectivity index (χ4v) is 1.51. The number of hydrogen-bond donors (Lipinski definition) is 2. The standard InChI is InChI=1S/C12H15N5O3/c1-19-9-2-4-10(5-3-9)20-7-6-17-8-11(15-16-17)12(18)14-13/h2-5,8H,6-7,13H2,1H3,(H,14,18). The second-order valence-corrected chi connectivity index (χ2v) is 3.86. The molecular formula is C12H15N5O3. The Morgan fingerprint density at radius 1 is 1.35 bits per heavy atom. The molecule has 2 aromatic rings. The summed E-state index contributed by atoms with van der Waals surface area (Å²) in [6.07, 6.45) is 1.50. The van der Waals surface area contributed by atoms with E-state index in [1.807, 2.05) is 29.7 Å². The van der Waals surface area contributed by atoms with Crippen molar-refractivity contribution in [2.24, 2.45) is 5.84 Å². The molecule has 8 nitrogen and oxygen atoms in total. The summed E-state index contributed by atoms with van der Waals surface area (Å²) in [6.45, 7) is 0.871. The van der Waals surface area contributed by atoms with Gasteiger partial charge in [-0.15, -0.1) is 5.10 Å². The number of hydrazine groups is 1. The zero-order valence-electron chi connectivity index (χ0n) is 10.9. The van der Waals surface area contributed by atoms with Gasteiger partial charge in [0.05, 0.1) is 19.9 Å². The number of amides is 1. The Labute approximate surface area is 115 Å². The summed E-state index contributed by atoms with van der Waals surface area (Å²) in [5.74, 6) is 6.02. The normalized spacial score (nSPS) is 10.1. The molecule has 2 rings (SSSR count). The van der Waals surface area contributed by atoms with E-state index in [0.717, 1.165) is 11.5 Å². The number of nitrogens with two attached hydrogens (primary N) is 1. The van der Waals surface area contributed by atoms with Crippen molar-refractivity contribution in [2.45, 2.75) is 6.54 Å². The highest BCUT2D eigenvalue weighted by Gasteiger charge is 2.08. The molecule has 1 aromatic heterocycles. The fraction of sp³-hybridized carbons (Fsp3) is 0.250. The zero-order valence-corrected chi connectivity index (χ0v) is 10.9. The first kappa shape index (κ1) is 13.8. The van der Waals surface area contributed by atoms with Gasteiger partial charge in [0.2, 0.25) is 0 Å². The molecule has 20 heavy (non-hydrogen) atoms. The molecule has 0 aliphatic rings. The summed E-state index contributed by atoms with van der Waals surface area (Å²) in [7, 11) is 1.61. The smallest absolute Gasteiger partial charge is 0.287 e. The third kappa shape index (κ3) is 3.45. The van der Waals surface area contributed by atoms with Gasteiger partial charge < -0.3 is 9.47 Å². The van der Waals surface area contributed by atoms with Gasteiger partial charge in [-0.25, -0.2) is 10.5 Å². The predicted molar refractivity (Wildman–Crippen MR) is 70.2 cm³/mol. The van der Waals surface area contributed by atoms with Crippen LogP contribution in [0, 0.1) is 0 Å². The van der Waals surface area contributed by atoms with Crippen LogP contribution in [0.3, 0.4) is 0 Å². The fourth-order valence-electron chi connectivity index (χ4n) is 1.51. The van der Waals surface area contributed by atoms with Gasteiger partial charge in [-0.05, 0) is 24.3 Å². The van der Waals surface area contributed by atoms with E-state index in [1.54, 1.807) is 7.11 Å². The number of carbonyl (C=O) groups excluding carboxylic acids is 1. The summed E-state index contributed by atoms with van der Waals surface area (Å²) in [4.78, 5) is 11.2. The molecule has 1 aromatic carbocycles. The van der Waals surface area contributed by atoms with E-state index in [4.69, 9.17) is 15.3 Å². The largest absolute Gasteiger partial charge is 0.497 e. The first-order chi connectivity index (χ1) is 9.72. The number of ether oxygens (including phenoxy) is 2. The van der Waals surface area contributed by atoms with Crippen LogP contribution in [-0.4, -0.2) is 34.6 Å². The number of benzene rings is 1. The molecule has 0 unspecified atom stereocenters. The van der Waals surface area contributed by atoms with Crippen LogP contribution in [0.4, 0.5) is 0 Å². The molecule has 1 heterocycles. The highest BCUT2D eigenvalue weighted by Crippen LogP contribution is 2.16. The summed E-state index contributed by atoms with van der Waals surface area (Å²) in [5, 5.41) is 7.48. The Morgan fingerprint density at radius 2 is 2.05 bits per heavy atom. The second-order valence-electron chi connectivity index (χ2n) is 3.86. The lowest BCUT2D eigenvalue weighted by atomic mass is 10.3. The van der Waals surface area contributed by atoms with Gasteiger partial charge in [0.1, 0.15) is 18.1 Å². The van der Waals surface area contributed by atoms with E-state index in [9.17, 15) is 4.79 Å². The minimum atomic E-state index is -0.479. The SMILES string of the molecule is COc1ccc(OCCn2cc(C(=O)NN)nn2)cc1. The van der Waals surface area contributed by atoms with Crippen LogP contribution in [0.25, 0.3) is 0 Å². The van der Waals surface area contributed by atoms with Crippen LogP contribution in [0.5, 0.6) is 11.5 Å². The van der Waals surface area contributed by atoms with Gasteiger partial charge in [-0.3, -0.25) is 10.2 Å². The molecule has 8 heteroatoms. The Balaban J connectivity index is 1.83. The topological polar surface area (TPSA) is 104 Å². The molecule has 0 spiro atoms. The van der Waals surface area contributed by atoms with Crippen molar-refractivity contribution in [2.75, 3.05) is 13.7 Å². The molecule has 0 radical (unpaired) electrons. The zero-order chi connectivity index (χ0) is 14.4. The molecule has 0 bridgehead atoms. The molecular weight excluding hydrogens is 262 g/mol. The number of nitrogens with zero attached hydrogens (tertiary/aromatic N) is 3. The molecule has 1 amide bonds. The second kappa shape index (κ2) is 6.53. The van der Waals surface area contributed by atoms with Gasteiger partial charge in [-0.1, -0.05) is 5.21 Å². The van der Waals surface area contributed by atoms with E-state index in [-0.39, 0.29) is 5.69 Å². The van der Waals surface area contributed by atoms with Gasteiger partial charge in [0.25, 0.3) is 5.91 Å². The Kier molecular flexibility index (Phi) is 4.51. The maximum atomic E-state index is 11.2. The van der Waals surface area contributed by atoms with Crippen molar-refractivity contribution in [3.63, 3.8) is 0 Å². The number of hydrogen-bond acceptors (Lipinski definition) is 6. The lowest BCUT2D eigenvalue weighted by Crippen LogP contribution is -2.30. The number of nitrogens with one attached hydrogen (secondary N) is 1. The number of aromatic nitrogens is 3. The first-order valence-corrected chi connectivity index (χ1v) is 5.91. The Morgan fingerprint density at radius 3 is 2.70 bits per heavy atom. The van der Waals surface area contributed by atoms with E-state index in [0.29, 0.717) is 13.2 Å². The minimum Gasteiger partial charge on any atom is -0.497 e. The molecule has 0 saturated carbocycles. The van der Waals surface area contributed by atoms with Crippen molar-refractivity contribution in [1.29, 1.82) is 0 Å². The van der Waals surface area contributed by atoms with Crippen molar-refractivity contribution >= 4 is 5.91 Å². The molecule has 0 fully saturated rings. The maximum Gasteiger partial charge on any atom is 0.287 e. The average Bonchev–Trinajstić information content (AvgIpc) is 2.96. The minimum absolute atomic E-state index is 0.164. The highest BCUT2D eigenvalue weighted by atomic mass is 16.5. The van der Waals surface area contributed by atoms with Crippen LogP contribution in [0.15, 0.2) is 30.5 Å². The van der Waals surface area contributed by atoms with E-state index in [1.165, 1.54) is 10.9 Å². The Bertz CT molecular complexity index is 567. The summed E-state index contributed by atoms with van der Waals surface area (Å²) in [6, 6.07) is 7.25. The Hall–Kier alpha value is -2.61. The number of carbonyl (C=O) groups is 1. The van der Waals surface area contributed by atoms with Gasteiger partial charge in [0.15, 0.2) is 5.69 Å². The molecule has 0 aliphatic carbocycles. The third-order valence-corrected chi connectivity index (χ3v) is 2.55. The molecule has 0 atom stereocenters. The first-order valence-electron chi connectivity index (χ1n) is 5.91. The average molecular weight is 277 g/mol. The number of nitrogen functional groups attached to an aromatic ring is 1. The van der Waals surface area contributed by atoms with Gasteiger partial charge in [0, 0.05) is 0 Å². The van der Waals surface area contributed by atoms with Gasteiger partial charge in [-0.2, -0.15) is 0 Å². The summed E-state index contributed by atoms with van der Waals surface area (Å²) >= 11 is 0. The van der Waals surface area contributed by atoms with E-state index >= 15 is 0 Å². The van der Waals surface area contributed by atoms with Crippen LogP contribution < -0.4 is 20.7 Å². The molecule has 106 valence electrons. The quantitative estimate of drug-likeness (QED) is 0.436. The van der Waals surface area contributed by atoms with Crippen LogP contribution in [0.1, 0.15) is 10.5 Å². The molecule has 3 N–H and O–H groups in total. The number of rotatable bonds is 6. The molecule has 0 aliphatic heterocycles. The summed E-state index contributed by atoms with van der Waals surface area (Å²) < 4.78 is 12.1. The van der Waals surface area contributed by atoms with Crippen LogP contribution in [-0.2, 0) is 6.54 Å². The third-order valence-electron chi connectivity index (χ3n) is 2.55. The van der Waals surface area contributed by atoms with Crippen LogP contribution >= 0.6 is 0 Å². The lowest BCUT2D eigenvalue weighted by molar-refractivity contribution is 0.0948. The highest BCUT2D eigenvalue weighted by molar-refractivity contribution is 5.91. The predicted octanol–water partition coefficient (Wildman–Crippen LogP) is -0.0308. The van der Waals surface area contributed by atoms with Crippen molar-refractivity contribution in [3.05, 3.63) is 36.2 Å². The summed E-state index contributed by atoms with van der Waals surface area (Å²) in [5.41, 5.74) is 2.15. The van der Waals surface area contributed by atoms with E-state index < -0.39 is 5.91 Å². The molecule has 0 saturated heterocycles. The lowest BCUT2D eigenvalue weighted by Gasteiger charge is -2.06. The maximum absolute atomic E-state index is 11.2.